The molecular weight excluding hydrogens is 414 g/mol. The second kappa shape index (κ2) is 7.31. The molecule has 0 aliphatic carbocycles. The van der Waals surface area contributed by atoms with E-state index in [0.29, 0.717) is 42.5 Å². The monoisotopic (exact) mass is 435 g/mol. The van der Waals surface area contributed by atoms with Crippen LogP contribution in [-0.4, -0.2) is 40.4 Å². The summed E-state index contributed by atoms with van der Waals surface area (Å²) in [6.45, 7) is 4.55. The molecule has 0 spiro atoms. The number of carbonyl (C=O) groups excluding carboxylic acids is 2. The van der Waals surface area contributed by atoms with Crippen LogP contribution in [0.4, 0.5) is 33.8 Å². The summed E-state index contributed by atoms with van der Waals surface area (Å²) in [5.74, 6) is 0.960. The van der Waals surface area contributed by atoms with Crippen LogP contribution in [0, 0.1) is 6.92 Å². The predicted octanol–water partition coefficient (Wildman–Crippen LogP) is 3.62. The number of rotatable bonds is 3. The summed E-state index contributed by atoms with van der Waals surface area (Å²) in [6.07, 6.45) is 2.84. The first-order chi connectivity index (χ1) is 14.9. The minimum atomic E-state index is -0.169. The Hall–Kier alpha value is -3.53. The number of fused-ring (bicyclic) bond motifs is 3. The molecule has 1 aromatic carbocycles. The fourth-order valence-electron chi connectivity index (χ4n) is 3.85. The van der Waals surface area contributed by atoms with Gasteiger partial charge in [-0.3, -0.25) is 9.59 Å². The molecule has 0 fully saturated rings. The van der Waals surface area contributed by atoms with Crippen LogP contribution in [0.15, 0.2) is 24.4 Å². The Kier molecular flexibility index (Phi) is 4.58. The van der Waals surface area contributed by atoms with Crippen molar-refractivity contribution in [2.75, 3.05) is 34.0 Å². The van der Waals surface area contributed by atoms with Crippen molar-refractivity contribution < 1.29 is 9.59 Å². The molecule has 2 aliphatic rings. The summed E-state index contributed by atoms with van der Waals surface area (Å²) in [6, 6.07) is 5.77. The van der Waals surface area contributed by atoms with Gasteiger partial charge in [0.25, 0.3) is 5.91 Å². The van der Waals surface area contributed by atoms with Gasteiger partial charge in [-0.15, -0.1) is 11.3 Å². The van der Waals surface area contributed by atoms with Crippen molar-refractivity contribution in [3.63, 3.8) is 0 Å². The Balaban J connectivity index is 1.52. The smallest absolute Gasteiger partial charge is 0.279 e. The standard InChI is InChI=1S/C21H21N7O2S/c1-4-28-18-15(27(3)19(30)17-20(28)31-11(2)23-17)10-22-21(26-18)24-13-6-7-14-12(9-13)5-8-16(29)25-14/h6-7,9-10H,4-5,8H2,1-3H3,(H,25,29)(H,22,24,26). The van der Waals surface area contributed by atoms with Gasteiger partial charge >= 0.3 is 0 Å². The number of aromatic nitrogens is 3. The zero-order valence-electron chi connectivity index (χ0n) is 17.4. The molecule has 9 nitrogen and oxygen atoms in total. The van der Waals surface area contributed by atoms with E-state index >= 15 is 0 Å². The van der Waals surface area contributed by atoms with Crippen molar-refractivity contribution in [2.24, 2.45) is 0 Å². The predicted molar refractivity (Wildman–Crippen MR) is 121 cm³/mol. The Morgan fingerprint density at radius 1 is 1.23 bits per heavy atom. The fraction of sp³-hybridized carbons (Fsp3) is 0.286. The van der Waals surface area contributed by atoms with Gasteiger partial charge < -0.3 is 20.4 Å². The minimum absolute atomic E-state index is 0.0401. The first-order valence-corrected chi connectivity index (χ1v) is 10.9. The van der Waals surface area contributed by atoms with E-state index in [4.69, 9.17) is 4.98 Å². The number of hydrogen-bond acceptors (Lipinski definition) is 8. The molecule has 0 bridgehead atoms. The largest absolute Gasteiger partial charge is 0.326 e. The normalized spacial score (nSPS) is 15.1. The average Bonchev–Trinajstić information content (AvgIpc) is 3.12. The number of aryl methyl sites for hydroxylation is 2. The third kappa shape index (κ3) is 3.28. The van der Waals surface area contributed by atoms with Crippen molar-refractivity contribution in [1.29, 1.82) is 0 Å². The molecule has 4 heterocycles. The molecule has 31 heavy (non-hydrogen) atoms. The highest BCUT2D eigenvalue weighted by molar-refractivity contribution is 7.16. The van der Waals surface area contributed by atoms with E-state index in [1.54, 1.807) is 18.1 Å². The SMILES string of the molecule is CCN1c2nc(Nc3ccc4c(c3)CCC(=O)N4)ncc2N(C)C(=O)c2nc(C)sc21. The Bertz CT molecular complexity index is 1220. The number of amides is 2. The molecule has 3 aromatic rings. The molecule has 2 aromatic heterocycles. The number of nitrogens with one attached hydrogen (secondary N) is 2. The van der Waals surface area contributed by atoms with Gasteiger partial charge in [-0.25, -0.2) is 9.97 Å². The molecule has 0 saturated carbocycles. The molecule has 0 radical (unpaired) electrons. The van der Waals surface area contributed by atoms with Crippen LogP contribution in [0.1, 0.15) is 34.4 Å². The molecule has 2 amide bonds. The summed E-state index contributed by atoms with van der Waals surface area (Å²) in [5.41, 5.74) is 3.83. The van der Waals surface area contributed by atoms with Gasteiger partial charge in [-0.2, -0.15) is 4.98 Å². The van der Waals surface area contributed by atoms with Crippen molar-refractivity contribution >= 4 is 57.0 Å². The van der Waals surface area contributed by atoms with Gasteiger partial charge in [-0.1, -0.05) is 0 Å². The Labute approximate surface area is 183 Å². The van der Waals surface area contributed by atoms with Crippen LogP contribution in [0.3, 0.4) is 0 Å². The third-order valence-corrected chi connectivity index (χ3v) is 6.40. The lowest BCUT2D eigenvalue weighted by Crippen LogP contribution is -2.26. The molecule has 2 N–H and O–H groups in total. The van der Waals surface area contributed by atoms with Gasteiger partial charge in [0, 0.05) is 31.4 Å². The molecule has 5 rings (SSSR count). The van der Waals surface area contributed by atoms with Crippen molar-refractivity contribution in [2.45, 2.75) is 26.7 Å². The Morgan fingerprint density at radius 3 is 2.87 bits per heavy atom. The highest BCUT2D eigenvalue weighted by Crippen LogP contribution is 2.41. The zero-order chi connectivity index (χ0) is 21.7. The minimum Gasteiger partial charge on any atom is -0.326 e. The summed E-state index contributed by atoms with van der Waals surface area (Å²) in [7, 11) is 1.72. The van der Waals surface area contributed by atoms with Crippen molar-refractivity contribution in [1.82, 2.24) is 15.0 Å². The number of benzene rings is 1. The van der Waals surface area contributed by atoms with E-state index in [1.807, 2.05) is 36.9 Å². The number of carbonyl (C=O) groups is 2. The van der Waals surface area contributed by atoms with Gasteiger partial charge in [0.2, 0.25) is 11.9 Å². The first-order valence-electron chi connectivity index (χ1n) is 10.0. The summed E-state index contributed by atoms with van der Waals surface area (Å²) in [5, 5.41) is 7.78. The number of hydrogen-bond donors (Lipinski definition) is 2. The maximum absolute atomic E-state index is 13.0. The van der Waals surface area contributed by atoms with Crippen LogP contribution < -0.4 is 20.4 Å². The van der Waals surface area contributed by atoms with Crippen LogP contribution in [0.2, 0.25) is 0 Å². The number of nitrogens with zero attached hydrogens (tertiary/aromatic N) is 5. The Morgan fingerprint density at radius 2 is 2.06 bits per heavy atom. The van der Waals surface area contributed by atoms with Crippen LogP contribution in [-0.2, 0) is 11.2 Å². The van der Waals surface area contributed by atoms with Crippen LogP contribution in [0.25, 0.3) is 0 Å². The maximum Gasteiger partial charge on any atom is 0.279 e. The molecule has 158 valence electrons. The van der Waals surface area contributed by atoms with E-state index in [1.165, 1.54) is 11.3 Å². The van der Waals surface area contributed by atoms with Crippen molar-refractivity contribution in [3.05, 3.63) is 40.7 Å². The molecule has 0 saturated heterocycles. The summed E-state index contributed by atoms with van der Waals surface area (Å²) >= 11 is 1.48. The van der Waals surface area contributed by atoms with Crippen molar-refractivity contribution in [3.8, 4) is 0 Å². The van der Waals surface area contributed by atoms with Gasteiger partial charge in [0.05, 0.1) is 11.2 Å². The second-order valence-electron chi connectivity index (χ2n) is 7.44. The van der Waals surface area contributed by atoms with Gasteiger partial charge in [0.1, 0.15) is 10.7 Å². The second-order valence-corrected chi connectivity index (χ2v) is 8.62. The first kappa shape index (κ1) is 19.4. The highest BCUT2D eigenvalue weighted by atomic mass is 32.1. The molecular formula is C21H21N7O2S. The van der Waals surface area contributed by atoms with Gasteiger partial charge in [-0.05, 0) is 44.0 Å². The van der Waals surface area contributed by atoms with Gasteiger partial charge in [0.15, 0.2) is 11.5 Å². The van der Waals surface area contributed by atoms with E-state index in [0.717, 1.165) is 26.9 Å². The summed E-state index contributed by atoms with van der Waals surface area (Å²) < 4.78 is 0. The molecule has 2 aliphatic heterocycles. The van der Waals surface area contributed by atoms with Crippen LogP contribution in [0.5, 0.6) is 0 Å². The maximum atomic E-state index is 13.0. The summed E-state index contributed by atoms with van der Waals surface area (Å²) in [4.78, 5) is 41.7. The third-order valence-electron chi connectivity index (χ3n) is 5.41. The van der Waals surface area contributed by atoms with E-state index < -0.39 is 0 Å². The zero-order valence-corrected chi connectivity index (χ0v) is 18.2. The molecule has 0 unspecified atom stereocenters. The highest BCUT2D eigenvalue weighted by Gasteiger charge is 2.33. The lowest BCUT2D eigenvalue weighted by atomic mass is 10.0. The van der Waals surface area contributed by atoms with E-state index in [9.17, 15) is 9.59 Å². The topological polar surface area (TPSA) is 103 Å². The fourth-order valence-corrected chi connectivity index (χ4v) is 4.82. The lowest BCUT2D eigenvalue weighted by molar-refractivity contribution is -0.116. The van der Waals surface area contributed by atoms with E-state index in [2.05, 4.69) is 20.6 Å². The molecule has 0 atom stereocenters. The lowest BCUT2D eigenvalue weighted by Gasteiger charge is -2.23. The number of anilines is 6. The van der Waals surface area contributed by atoms with E-state index in [-0.39, 0.29) is 11.8 Å². The number of thiazole rings is 1. The quantitative estimate of drug-likeness (QED) is 0.648. The van der Waals surface area contributed by atoms with Crippen LogP contribution >= 0.6 is 11.3 Å². The average molecular weight is 436 g/mol. The molecule has 10 heteroatoms.